The first-order valence-corrected chi connectivity index (χ1v) is 8.56. The third-order valence-electron chi connectivity index (χ3n) is 3.71. The zero-order valence-electron chi connectivity index (χ0n) is 14.2. The Morgan fingerprint density at radius 3 is 2.44 bits per heavy atom. The van der Waals surface area contributed by atoms with Crippen molar-refractivity contribution in [2.24, 2.45) is 0 Å². The number of carbonyl (C=O) groups excluding carboxylic acids is 2. The van der Waals surface area contributed by atoms with E-state index < -0.39 is 6.10 Å². The van der Waals surface area contributed by atoms with Crippen molar-refractivity contribution in [2.45, 2.75) is 32.9 Å². The van der Waals surface area contributed by atoms with Crippen molar-refractivity contribution in [3.8, 4) is 5.75 Å². The minimum absolute atomic E-state index is 0.0615. The van der Waals surface area contributed by atoms with Gasteiger partial charge in [0, 0.05) is 15.6 Å². The summed E-state index contributed by atoms with van der Waals surface area (Å²) in [6.45, 7) is 4.95. The number of benzene rings is 2. The minimum atomic E-state index is -0.726. The number of nitrogens with one attached hydrogen (secondary N) is 1. The normalized spacial score (nSPS) is 13.0. The van der Waals surface area contributed by atoms with Crippen LogP contribution in [-0.4, -0.2) is 17.8 Å². The quantitative estimate of drug-likeness (QED) is 0.730. The van der Waals surface area contributed by atoms with Crippen LogP contribution in [0.2, 0.25) is 10.0 Å². The van der Waals surface area contributed by atoms with E-state index in [2.05, 4.69) is 5.32 Å². The first-order chi connectivity index (χ1) is 11.8. The second-order valence-corrected chi connectivity index (χ2v) is 6.58. The highest BCUT2D eigenvalue weighted by molar-refractivity contribution is 6.35. The van der Waals surface area contributed by atoms with Gasteiger partial charge in [0.1, 0.15) is 5.75 Å². The van der Waals surface area contributed by atoms with Crippen LogP contribution in [0.1, 0.15) is 42.7 Å². The predicted octanol–water partition coefficient (Wildman–Crippen LogP) is 4.84. The molecule has 2 aromatic carbocycles. The predicted molar refractivity (Wildman–Crippen MR) is 99.6 cm³/mol. The van der Waals surface area contributed by atoms with Gasteiger partial charge in [-0.05, 0) is 50.6 Å². The Hall–Kier alpha value is -2.04. The molecule has 2 rings (SSSR count). The second kappa shape index (κ2) is 8.37. The Kier molecular flexibility index (Phi) is 6.45. The zero-order valence-corrected chi connectivity index (χ0v) is 15.7. The molecule has 2 atom stereocenters. The van der Waals surface area contributed by atoms with E-state index in [1.807, 2.05) is 6.92 Å². The average Bonchev–Trinajstić information content (AvgIpc) is 2.54. The Bertz CT molecular complexity index is 792. The van der Waals surface area contributed by atoms with Gasteiger partial charge in [0.25, 0.3) is 5.91 Å². The summed E-state index contributed by atoms with van der Waals surface area (Å²) >= 11 is 12.1. The average molecular weight is 380 g/mol. The molecule has 4 nitrogen and oxygen atoms in total. The Balaban J connectivity index is 2.02. The fourth-order valence-corrected chi connectivity index (χ4v) is 2.88. The zero-order chi connectivity index (χ0) is 18.6. The number of rotatable bonds is 6. The third-order valence-corrected chi connectivity index (χ3v) is 4.27. The van der Waals surface area contributed by atoms with Gasteiger partial charge in [-0.3, -0.25) is 9.59 Å². The van der Waals surface area contributed by atoms with Crippen molar-refractivity contribution in [3.63, 3.8) is 0 Å². The summed E-state index contributed by atoms with van der Waals surface area (Å²) in [6, 6.07) is 11.6. The maximum Gasteiger partial charge on any atom is 0.261 e. The van der Waals surface area contributed by atoms with Crippen molar-refractivity contribution >= 4 is 34.9 Å². The number of hydrogen-bond acceptors (Lipinski definition) is 3. The molecule has 0 fully saturated rings. The maximum atomic E-state index is 12.4. The van der Waals surface area contributed by atoms with Crippen LogP contribution >= 0.6 is 23.2 Å². The summed E-state index contributed by atoms with van der Waals surface area (Å²) in [5.41, 5.74) is 1.30. The topological polar surface area (TPSA) is 55.4 Å². The lowest BCUT2D eigenvalue weighted by Crippen LogP contribution is -2.37. The molecule has 0 heterocycles. The van der Waals surface area contributed by atoms with Crippen molar-refractivity contribution in [3.05, 3.63) is 63.6 Å². The smallest absolute Gasteiger partial charge is 0.261 e. The highest BCUT2D eigenvalue weighted by Crippen LogP contribution is 2.26. The van der Waals surface area contributed by atoms with Gasteiger partial charge in [0.15, 0.2) is 11.9 Å². The van der Waals surface area contributed by atoms with Gasteiger partial charge >= 0.3 is 0 Å². The van der Waals surface area contributed by atoms with Gasteiger partial charge in [-0.25, -0.2) is 0 Å². The van der Waals surface area contributed by atoms with E-state index in [0.29, 0.717) is 21.4 Å². The monoisotopic (exact) mass is 379 g/mol. The van der Waals surface area contributed by atoms with Crippen LogP contribution in [0, 0.1) is 0 Å². The number of halogens is 2. The number of ketones is 1. The number of amides is 1. The van der Waals surface area contributed by atoms with Crippen LogP contribution in [0.25, 0.3) is 0 Å². The minimum Gasteiger partial charge on any atom is -0.481 e. The summed E-state index contributed by atoms with van der Waals surface area (Å²) in [7, 11) is 0. The third kappa shape index (κ3) is 5.21. The van der Waals surface area contributed by atoms with E-state index in [1.54, 1.807) is 49.4 Å². The van der Waals surface area contributed by atoms with Crippen LogP contribution < -0.4 is 10.1 Å². The van der Waals surface area contributed by atoms with Gasteiger partial charge in [-0.1, -0.05) is 41.4 Å². The van der Waals surface area contributed by atoms with Crippen LogP contribution in [0.5, 0.6) is 5.75 Å². The molecule has 0 aliphatic carbocycles. The maximum absolute atomic E-state index is 12.4. The molecular weight excluding hydrogens is 361 g/mol. The van der Waals surface area contributed by atoms with E-state index in [0.717, 1.165) is 5.56 Å². The van der Waals surface area contributed by atoms with Crippen molar-refractivity contribution in [2.75, 3.05) is 0 Å². The molecule has 0 aliphatic heterocycles. The van der Waals surface area contributed by atoms with E-state index in [4.69, 9.17) is 27.9 Å². The molecule has 0 unspecified atom stereocenters. The molecule has 25 heavy (non-hydrogen) atoms. The molecule has 1 N–H and O–H groups in total. The van der Waals surface area contributed by atoms with Gasteiger partial charge in [0.2, 0.25) is 0 Å². The number of hydrogen-bond donors (Lipinski definition) is 1. The fourth-order valence-electron chi connectivity index (χ4n) is 2.31. The Labute approximate surface area is 157 Å². The lowest BCUT2D eigenvalue weighted by Gasteiger charge is -2.20. The van der Waals surface area contributed by atoms with Crippen molar-refractivity contribution < 1.29 is 14.3 Å². The van der Waals surface area contributed by atoms with Gasteiger partial charge < -0.3 is 10.1 Å². The Morgan fingerprint density at radius 1 is 1.08 bits per heavy atom. The lowest BCUT2D eigenvalue weighted by atomic mass is 10.1. The fraction of sp³-hybridized carbons (Fsp3) is 0.263. The largest absolute Gasteiger partial charge is 0.481 e. The summed E-state index contributed by atoms with van der Waals surface area (Å²) in [4.78, 5) is 23.8. The summed E-state index contributed by atoms with van der Waals surface area (Å²) < 4.78 is 5.63. The number of ether oxygens (including phenoxy) is 1. The first kappa shape index (κ1) is 19.3. The molecule has 6 heteroatoms. The lowest BCUT2D eigenvalue weighted by molar-refractivity contribution is -0.127. The highest BCUT2D eigenvalue weighted by Gasteiger charge is 2.19. The highest BCUT2D eigenvalue weighted by atomic mass is 35.5. The first-order valence-electron chi connectivity index (χ1n) is 7.81. The summed E-state index contributed by atoms with van der Waals surface area (Å²) in [5.74, 6) is 0.118. The van der Waals surface area contributed by atoms with Crippen LogP contribution in [0.4, 0.5) is 0 Å². The van der Waals surface area contributed by atoms with E-state index >= 15 is 0 Å². The summed E-state index contributed by atoms with van der Waals surface area (Å²) in [5, 5.41) is 3.88. The molecule has 0 saturated carbocycles. The van der Waals surface area contributed by atoms with Crippen molar-refractivity contribution in [1.29, 1.82) is 0 Å². The molecule has 0 aliphatic rings. The molecule has 1 amide bonds. The van der Waals surface area contributed by atoms with Crippen LogP contribution in [-0.2, 0) is 4.79 Å². The molecule has 132 valence electrons. The summed E-state index contributed by atoms with van der Waals surface area (Å²) in [6.07, 6.45) is -0.726. The number of carbonyl (C=O) groups is 2. The molecule has 0 spiro atoms. The molecule has 2 aromatic rings. The van der Waals surface area contributed by atoms with Crippen LogP contribution in [0.15, 0.2) is 42.5 Å². The van der Waals surface area contributed by atoms with Crippen LogP contribution in [0.3, 0.4) is 0 Å². The molecule has 0 radical (unpaired) electrons. The van der Waals surface area contributed by atoms with Gasteiger partial charge in [-0.2, -0.15) is 0 Å². The van der Waals surface area contributed by atoms with E-state index in [9.17, 15) is 9.59 Å². The van der Waals surface area contributed by atoms with Gasteiger partial charge in [-0.15, -0.1) is 0 Å². The van der Waals surface area contributed by atoms with E-state index in [-0.39, 0.29) is 17.7 Å². The molecular formula is C19H19Cl2NO3. The molecule has 0 aromatic heterocycles. The molecule has 0 bridgehead atoms. The Morgan fingerprint density at radius 2 is 1.80 bits per heavy atom. The van der Waals surface area contributed by atoms with E-state index in [1.165, 1.54) is 6.92 Å². The SMILES string of the molecule is CC(=O)c1cccc(O[C@H](C)C(=O)N[C@@H](C)c2ccc(Cl)cc2Cl)c1. The van der Waals surface area contributed by atoms with Gasteiger partial charge in [0.05, 0.1) is 6.04 Å². The second-order valence-electron chi connectivity index (χ2n) is 5.74. The standard InChI is InChI=1S/C19H19Cl2NO3/c1-11(17-8-7-15(20)10-18(17)21)22-19(24)13(3)25-16-6-4-5-14(9-16)12(2)23/h4-11,13H,1-3H3,(H,22,24)/t11-,13+/m0/s1. The number of Topliss-reactive ketones (excluding diaryl/α,β-unsaturated/α-hetero) is 1. The van der Waals surface area contributed by atoms with Crippen molar-refractivity contribution in [1.82, 2.24) is 5.32 Å². The molecule has 0 saturated heterocycles.